The molecule has 0 bridgehead atoms. The molecular formula is C51H75N7O6. The Hall–Kier alpha value is -5.56. The number of carbonyl (C=O) groups excluding carboxylic acids is 6. The van der Waals surface area contributed by atoms with E-state index in [4.69, 9.17) is 0 Å². The number of likely N-dealkylation sites (N-methyl/N-ethyl adjacent to an activating group) is 5. The van der Waals surface area contributed by atoms with Crippen LogP contribution in [0.3, 0.4) is 0 Å². The fourth-order valence-corrected chi connectivity index (χ4v) is 8.38. The van der Waals surface area contributed by atoms with E-state index >= 15 is 0 Å². The Labute approximate surface area is 382 Å². The van der Waals surface area contributed by atoms with Crippen molar-refractivity contribution in [2.45, 2.75) is 111 Å². The minimum absolute atomic E-state index is 0.266. The molecule has 13 nitrogen and oxygen atoms in total. The summed E-state index contributed by atoms with van der Waals surface area (Å²) in [5.41, 5.74) is 2.93. The van der Waals surface area contributed by atoms with Gasteiger partial charge >= 0.3 is 0 Å². The molecule has 13 heteroatoms. The molecule has 350 valence electrons. The van der Waals surface area contributed by atoms with Crippen molar-refractivity contribution in [2.24, 2.45) is 23.7 Å². The summed E-state index contributed by atoms with van der Waals surface area (Å²) in [5.74, 6) is -3.77. The third-order valence-corrected chi connectivity index (χ3v) is 12.1. The summed E-state index contributed by atoms with van der Waals surface area (Å²) in [6, 6.07) is 23.6. The highest BCUT2D eigenvalue weighted by Crippen LogP contribution is 2.24. The van der Waals surface area contributed by atoms with Gasteiger partial charge in [-0.3, -0.25) is 28.8 Å². The van der Waals surface area contributed by atoms with E-state index < -0.39 is 59.9 Å². The quantitative estimate of drug-likeness (QED) is 0.124. The number of rotatable bonds is 23. The number of hydrogen-bond acceptors (Lipinski definition) is 7. The maximum atomic E-state index is 14.8. The number of carbonyl (C=O) groups is 6. The lowest BCUT2D eigenvalue weighted by Gasteiger charge is -2.42. The maximum absolute atomic E-state index is 14.8. The van der Waals surface area contributed by atoms with Crippen molar-refractivity contribution in [3.63, 3.8) is 0 Å². The van der Waals surface area contributed by atoms with E-state index in [-0.39, 0.29) is 41.9 Å². The molecule has 0 fully saturated rings. The Balaban J connectivity index is 1.86. The molecule has 0 spiro atoms. The Bertz CT molecular complexity index is 1960. The smallest absolute Gasteiger partial charge is 0.246 e. The minimum Gasteiger partial charge on any atom is -0.354 e. The zero-order chi connectivity index (χ0) is 47.8. The first-order chi connectivity index (χ1) is 30.2. The molecule has 3 N–H and O–H groups in total. The van der Waals surface area contributed by atoms with Crippen LogP contribution in [-0.4, -0.2) is 133 Å². The predicted octanol–water partition coefficient (Wildman–Crippen LogP) is 4.84. The highest BCUT2D eigenvalue weighted by molar-refractivity contribution is 5.97. The largest absolute Gasteiger partial charge is 0.354 e. The number of amides is 6. The monoisotopic (exact) mass is 882 g/mol. The van der Waals surface area contributed by atoms with Gasteiger partial charge in [0.15, 0.2) is 0 Å². The molecule has 0 saturated carbocycles. The van der Waals surface area contributed by atoms with Gasteiger partial charge < -0.3 is 35.6 Å². The third-order valence-electron chi connectivity index (χ3n) is 12.1. The third kappa shape index (κ3) is 14.2. The lowest BCUT2D eigenvalue weighted by molar-refractivity contribution is -0.157. The topological polar surface area (TPSA) is 151 Å². The summed E-state index contributed by atoms with van der Waals surface area (Å²) in [7, 11) is 7.99. The molecule has 0 aromatic heterocycles. The fourth-order valence-electron chi connectivity index (χ4n) is 8.38. The van der Waals surface area contributed by atoms with Crippen LogP contribution in [0.25, 0.3) is 0 Å². The highest BCUT2D eigenvalue weighted by atomic mass is 16.2. The first-order valence-corrected chi connectivity index (χ1v) is 22.7. The molecule has 0 aliphatic carbocycles. The summed E-state index contributed by atoms with van der Waals surface area (Å²) in [6.45, 7) is 15.1. The van der Waals surface area contributed by atoms with Gasteiger partial charge in [-0.15, -0.1) is 0 Å². The van der Waals surface area contributed by atoms with Crippen LogP contribution in [0, 0.1) is 23.7 Å². The maximum Gasteiger partial charge on any atom is 0.246 e. The molecule has 6 amide bonds. The van der Waals surface area contributed by atoms with Crippen molar-refractivity contribution in [3.8, 4) is 0 Å². The lowest BCUT2D eigenvalue weighted by Crippen LogP contribution is -2.63. The molecule has 0 aliphatic rings. The average Bonchev–Trinajstić information content (AvgIpc) is 3.26. The van der Waals surface area contributed by atoms with Crippen LogP contribution in [0.15, 0.2) is 91.0 Å². The molecule has 0 heterocycles. The SMILES string of the molecule is CN[C@@H](Cc1ccccc1)C(=O)N[C@H](C(=O)N(C)[C@H](C(=O)N(C)[C@H](C(=O)N(C)[C@H](C(=O)N(C)[C@@H](Cc1ccccc1)C(=O)NCCc1ccccc1)C(C)C)C(C)C)C(C)C)C(C)C. The Kier molecular flexibility index (Phi) is 20.7. The van der Waals surface area contributed by atoms with Crippen LogP contribution in [0.2, 0.25) is 0 Å². The molecule has 0 radical (unpaired) electrons. The average molecular weight is 882 g/mol. The van der Waals surface area contributed by atoms with Crippen LogP contribution >= 0.6 is 0 Å². The van der Waals surface area contributed by atoms with Gasteiger partial charge in [0.1, 0.15) is 30.2 Å². The van der Waals surface area contributed by atoms with E-state index in [1.165, 1.54) is 19.6 Å². The molecule has 3 rings (SSSR count). The van der Waals surface area contributed by atoms with Gasteiger partial charge in [0.25, 0.3) is 0 Å². The molecule has 3 aromatic carbocycles. The van der Waals surface area contributed by atoms with E-state index in [0.717, 1.165) is 16.7 Å². The lowest BCUT2D eigenvalue weighted by atomic mass is 9.93. The van der Waals surface area contributed by atoms with Crippen molar-refractivity contribution < 1.29 is 28.8 Å². The molecule has 0 unspecified atom stereocenters. The van der Waals surface area contributed by atoms with E-state index in [2.05, 4.69) is 16.0 Å². The molecule has 6 atom stereocenters. The summed E-state index contributed by atoms with van der Waals surface area (Å²) >= 11 is 0. The van der Waals surface area contributed by atoms with Crippen LogP contribution in [0.1, 0.15) is 72.1 Å². The number of hydrogen-bond donors (Lipinski definition) is 3. The standard InChI is InChI=1S/C51H75N7O6/c1-33(2)42(54-46(59)40(52-9)31-38-25-19-15-20-26-38)48(61)56(11)44(35(5)6)50(63)58(13)45(36(7)8)51(64)57(12)43(34(3)4)49(62)55(10)41(32-39-27-21-16-22-28-39)47(60)53-30-29-37-23-17-14-18-24-37/h14-28,33-36,40-45,52H,29-32H2,1-13H3,(H,53,60)(H,54,59)/t40-,41-,42-,43-,44-,45-/m0/s1. The second-order valence-corrected chi connectivity index (χ2v) is 18.4. The predicted molar refractivity (Wildman–Crippen MR) is 254 cm³/mol. The molecule has 64 heavy (non-hydrogen) atoms. The fraction of sp³-hybridized carbons (Fsp3) is 0.529. The Morgan fingerprint density at radius 1 is 0.469 bits per heavy atom. The summed E-state index contributed by atoms with van der Waals surface area (Å²) in [5, 5.41) is 9.05. The zero-order valence-electron chi connectivity index (χ0n) is 40.5. The van der Waals surface area contributed by atoms with E-state index in [9.17, 15) is 28.8 Å². The van der Waals surface area contributed by atoms with Crippen molar-refractivity contribution >= 4 is 35.4 Å². The van der Waals surface area contributed by atoms with Crippen LogP contribution in [0.5, 0.6) is 0 Å². The molecule has 0 aliphatic heterocycles. The first-order valence-electron chi connectivity index (χ1n) is 22.7. The number of benzene rings is 3. The van der Waals surface area contributed by atoms with Crippen molar-refractivity contribution in [1.29, 1.82) is 0 Å². The van der Waals surface area contributed by atoms with Gasteiger partial charge in [0.2, 0.25) is 35.4 Å². The van der Waals surface area contributed by atoms with E-state index in [0.29, 0.717) is 19.4 Å². The van der Waals surface area contributed by atoms with Gasteiger partial charge in [-0.1, -0.05) is 146 Å². The van der Waals surface area contributed by atoms with Crippen LogP contribution in [-0.2, 0) is 48.0 Å². The van der Waals surface area contributed by atoms with Gasteiger partial charge in [-0.05, 0) is 60.3 Å². The molecule has 3 aromatic rings. The van der Waals surface area contributed by atoms with Gasteiger partial charge in [0, 0.05) is 41.2 Å². The van der Waals surface area contributed by atoms with Gasteiger partial charge in [0.05, 0.1) is 6.04 Å². The normalized spacial score (nSPS) is 14.3. The van der Waals surface area contributed by atoms with E-state index in [1.54, 1.807) is 35.2 Å². The van der Waals surface area contributed by atoms with Gasteiger partial charge in [-0.2, -0.15) is 0 Å². The summed E-state index contributed by atoms with van der Waals surface area (Å²) in [6.07, 6.45) is 1.32. The second-order valence-electron chi connectivity index (χ2n) is 18.4. The first kappa shape index (κ1) is 52.8. The Morgan fingerprint density at radius 2 is 0.844 bits per heavy atom. The number of nitrogens with zero attached hydrogens (tertiary/aromatic N) is 4. The summed E-state index contributed by atoms with van der Waals surface area (Å²) in [4.78, 5) is 91.6. The van der Waals surface area contributed by atoms with Crippen molar-refractivity contribution in [1.82, 2.24) is 35.6 Å². The van der Waals surface area contributed by atoms with Crippen molar-refractivity contribution in [3.05, 3.63) is 108 Å². The molecular weight excluding hydrogens is 807 g/mol. The van der Waals surface area contributed by atoms with Crippen LogP contribution in [0.4, 0.5) is 0 Å². The molecule has 0 saturated heterocycles. The highest BCUT2D eigenvalue weighted by Gasteiger charge is 2.44. The minimum atomic E-state index is -1.00. The Morgan fingerprint density at radius 3 is 1.23 bits per heavy atom. The zero-order valence-corrected chi connectivity index (χ0v) is 40.5. The van der Waals surface area contributed by atoms with Crippen molar-refractivity contribution in [2.75, 3.05) is 41.8 Å². The summed E-state index contributed by atoms with van der Waals surface area (Å²) < 4.78 is 0. The van der Waals surface area contributed by atoms with Gasteiger partial charge in [-0.25, -0.2) is 0 Å². The second kappa shape index (κ2) is 25.1. The number of nitrogens with one attached hydrogen (secondary N) is 3. The van der Waals surface area contributed by atoms with Crippen LogP contribution < -0.4 is 16.0 Å². The van der Waals surface area contributed by atoms with E-state index in [1.807, 2.05) is 146 Å².